The van der Waals surface area contributed by atoms with Gasteiger partial charge in [0.15, 0.2) is 5.78 Å². The molecule has 1 rings (SSSR count). The highest BCUT2D eigenvalue weighted by Crippen LogP contribution is 2.09. The zero-order valence-electron chi connectivity index (χ0n) is 9.94. The Morgan fingerprint density at radius 1 is 1.11 bits per heavy atom. The predicted molar refractivity (Wildman–Crippen MR) is 61.1 cm³/mol. The maximum Gasteiger partial charge on any atom is 0.331 e. The molecule has 3 nitrogen and oxygen atoms in total. The molecule has 0 unspecified atom stereocenters. The third-order valence-corrected chi connectivity index (χ3v) is 1.87. The van der Waals surface area contributed by atoms with Gasteiger partial charge < -0.3 is 4.74 Å². The van der Waals surface area contributed by atoms with E-state index in [1.165, 1.54) is 0 Å². The summed E-state index contributed by atoms with van der Waals surface area (Å²) in [5.74, 6) is -3.06. The van der Waals surface area contributed by atoms with Crippen molar-refractivity contribution in [2.45, 2.75) is 20.0 Å². The van der Waals surface area contributed by atoms with Crippen LogP contribution in [0.25, 0.3) is 0 Å². The Morgan fingerprint density at radius 3 is 2.17 bits per heavy atom. The molecule has 0 aliphatic carbocycles. The normalized spacial score (nSPS) is 10.9. The first kappa shape index (κ1) is 14.0. The topological polar surface area (TPSA) is 43.4 Å². The Hall–Kier alpha value is -2.04. The van der Waals surface area contributed by atoms with Gasteiger partial charge in [-0.05, 0) is 32.1 Å². The van der Waals surface area contributed by atoms with Crippen molar-refractivity contribution in [3.63, 3.8) is 0 Å². The number of carbonyl (C=O) groups is 2. The van der Waals surface area contributed by atoms with Crippen LogP contribution in [0.2, 0.25) is 0 Å². The number of rotatable bonds is 4. The van der Waals surface area contributed by atoms with Crippen molar-refractivity contribution in [2.24, 2.45) is 0 Å². The number of ketones is 1. The van der Waals surface area contributed by atoms with E-state index in [9.17, 15) is 18.4 Å². The summed E-state index contributed by atoms with van der Waals surface area (Å²) >= 11 is 0. The van der Waals surface area contributed by atoms with Crippen molar-refractivity contribution >= 4 is 11.8 Å². The molecule has 1 aromatic carbocycles. The van der Waals surface area contributed by atoms with Gasteiger partial charge >= 0.3 is 5.97 Å². The van der Waals surface area contributed by atoms with E-state index in [0.29, 0.717) is 6.07 Å². The van der Waals surface area contributed by atoms with Gasteiger partial charge in [0.2, 0.25) is 0 Å². The number of hydrogen-bond donors (Lipinski definition) is 0. The number of esters is 1. The largest absolute Gasteiger partial charge is 0.460 e. The summed E-state index contributed by atoms with van der Waals surface area (Å²) in [7, 11) is 0. The fraction of sp³-hybridized carbons (Fsp3) is 0.231. The highest BCUT2D eigenvalue weighted by molar-refractivity contribution is 6.07. The maximum atomic E-state index is 12.9. The molecule has 0 radical (unpaired) electrons. The van der Waals surface area contributed by atoms with Crippen LogP contribution in [-0.2, 0) is 9.53 Å². The molecule has 0 fully saturated rings. The average Bonchev–Trinajstić information content (AvgIpc) is 2.23. The smallest absolute Gasteiger partial charge is 0.331 e. The molecule has 0 aromatic heterocycles. The molecule has 0 spiro atoms. The van der Waals surface area contributed by atoms with Gasteiger partial charge in [0.05, 0.1) is 6.10 Å². The lowest BCUT2D eigenvalue weighted by molar-refractivity contribution is -0.141. The molecule has 0 aliphatic heterocycles. The second-order valence-electron chi connectivity index (χ2n) is 3.84. The minimum atomic E-state index is -0.850. The zero-order valence-corrected chi connectivity index (χ0v) is 9.94. The monoisotopic (exact) mass is 254 g/mol. The highest BCUT2D eigenvalue weighted by Gasteiger charge is 2.07. The standard InChI is InChI=1S/C13H12F2O3/c1-8(2)18-13(17)4-3-12(16)9-5-10(14)7-11(15)6-9/h3-8H,1-2H3/b4-3+. The quantitative estimate of drug-likeness (QED) is 0.471. The maximum absolute atomic E-state index is 12.9. The lowest BCUT2D eigenvalue weighted by Gasteiger charge is -2.03. The Balaban J connectivity index is 2.76. The predicted octanol–water partition coefficient (Wildman–Crippen LogP) is 2.66. The molecule has 18 heavy (non-hydrogen) atoms. The number of allylic oxidation sites excluding steroid dienone is 1. The second-order valence-corrected chi connectivity index (χ2v) is 3.84. The molecule has 0 heterocycles. The number of hydrogen-bond acceptors (Lipinski definition) is 3. The lowest BCUT2D eigenvalue weighted by atomic mass is 10.1. The van der Waals surface area contributed by atoms with E-state index in [-0.39, 0.29) is 11.7 Å². The molecule has 0 saturated carbocycles. The van der Waals surface area contributed by atoms with Gasteiger partial charge in [-0.1, -0.05) is 0 Å². The Labute approximate surface area is 103 Å². The van der Waals surface area contributed by atoms with Gasteiger partial charge in [-0.25, -0.2) is 13.6 Å². The summed E-state index contributed by atoms with van der Waals surface area (Å²) in [6.07, 6.45) is 1.54. The minimum Gasteiger partial charge on any atom is -0.460 e. The number of carbonyl (C=O) groups excluding carboxylic acids is 2. The first-order valence-corrected chi connectivity index (χ1v) is 5.27. The molecule has 1 aromatic rings. The van der Waals surface area contributed by atoms with Crippen LogP contribution in [0.5, 0.6) is 0 Å². The zero-order chi connectivity index (χ0) is 13.7. The average molecular weight is 254 g/mol. The Bertz CT molecular complexity index is 473. The highest BCUT2D eigenvalue weighted by atomic mass is 19.1. The Kier molecular flexibility index (Phi) is 4.71. The number of benzene rings is 1. The second kappa shape index (κ2) is 6.05. The van der Waals surface area contributed by atoms with E-state index in [2.05, 4.69) is 0 Å². The third-order valence-electron chi connectivity index (χ3n) is 1.87. The summed E-state index contributed by atoms with van der Waals surface area (Å²) in [6.45, 7) is 3.32. The molecule has 0 bridgehead atoms. The summed E-state index contributed by atoms with van der Waals surface area (Å²) < 4.78 is 30.5. The van der Waals surface area contributed by atoms with Gasteiger partial charge in [-0.2, -0.15) is 0 Å². The first-order valence-electron chi connectivity index (χ1n) is 5.27. The van der Waals surface area contributed by atoms with E-state index in [4.69, 9.17) is 4.74 Å². The van der Waals surface area contributed by atoms with Crippen molar-refractivity contribution < 1.29 is 23.1 Å². The molecule has 0 N–H and O–H groups in total. The van der Waals surface area contributed by atoms with Crippen LogP contribution < -0.4 is 0 Å². The molecular weight excluding hydrogens is 242 g/mol. The van der Waals surface area contributed by atoms with Crippen molar-refractivity contribution in [1.82, 2.24) is 0 Å². The van der Waals surface area contributed by atoms with Crippen LogP contribution in [0, 0.1) is 11.6 Å². The summed E-state index contributed by atoms with van der Waals surface area (Å²) in [5, 5.41) is 0. The van der Waals surface area contributed by atoms with E-state index in [1.54, 1.807) is 13.8 Å². The fourth-order valence-electron chi connectivity index (χ4n) is 1.21. The summed E-state index contributed by atoms with van der Waals surface area (Å²) in [6, 6.07) is 2.45. The molecule has 0 saturated heterocycles. The lowest BCUT2D eigenvalue weighted by Crippen LogP contribution is -2.09. The van der Waals surface area contributed by atoms with Gasteiger partial charge in [0.1, 0.15) is 11.6 Å². The molecule has 0 atom stereocenters. The van der Waals surface area contributed by atoms with Gasteiger partial charge in [-0.15, -0.1) is 0 Å². The van der Waals surface area contributed by atoms with Crippen molar-refractivity contribution in [1.29, 1.82) is 0 Å². The first-order chi connectivity index (χ1) is 8.38. The number of halogens is 2. The SMILES string of the molecule is CC(C)OC(=O)/C=C/C(=O)c1cc(F)cc(F)c1. The molecule has 0 amide bonds. The van der Waals surface area contributed by atoms with Crippen molar-refractivity contribution in [3.8, 4) is 0 Å². The molecule has 5 heteroatoms. The fourth-order valence-corrected chi connectivity index (χ4v) is 1.21. The van der Waals surface area contributed by atoms with Crippen molar-refractivity contribution in [3.05, 3.63) is 47.5 Å². The van der Waals surface area contributed by atoms with Gasteiger partial charge in [0.25, 0.3) is 0 Å². The van der Waals surface area contributed by atoms with Crippen LogP contribution in [-0.4, -0.2) is 17.9 Å². The molecule has 96 valence electrons. The third kappa shape index (κ3) is 4.45. The molecular formula is C13H12F2O3. The van der Waals surface area contributed by atoms with E-state index in [0.717, 1.165) is 24.3 Å². The molecule has 0 aliphatic rings. The summed E-state index contributed by atoms with van der Waals surface area (Å²) in [5.41, 5.74) is -0.166. The van der Waals surface area contributed by atoms with Gasteiger partial charge in [0, 0.05) is 17.7 Å². The summed E-state index contributed by atoms with van der Waals surface area (Å²) in [4.78, 5) is 22.6. The van der Waals surface area contributed by atoms with E-state index >= 15 is 0 Å². The van der Waals surface area contributed by atoms with Crippen LogP contribution in [0.3, 0.4) is 0 Å². The minimum absolute atomic E-state index is 0.166. The number of ether oxygens (including phenoxy) is 1. The van der Waals surface area contributed by atoms with Crippen LogP contribution in [0.15, 0.2) is 30.4 Å². The Morgan fingerprint density at radius 2 is 1.67 bits per heavy atom. The van der Waals surface area contributed by atoms with Crippen LogP contribution in [0.4, 0.5) is 8.78 Å². The van der Waals surface area contributed by atoms with Gasteiger partial charge in [-0.3, -0.25) is 4.79 Å². The van der Waals surface area contributed by atoms with Crippen LogP contribution in [0.1, 0.15) is 24.2 Å². The van der Waals surface area contributed by atoms with E-state index < -0.39 is 23.4 Å². The van der Waals surface area contributed by atoms with Crippen molar-refractivity contribution in [2.75, 3.05) is 0 Å². The van der Waals surface area contributed by atoms with Crippen LogP contribution >= 0.6 is 0 Å². The van der Waals surface area contributed by atoms with E-state index in [1.807, 2.05) is 0 Å².